The zero-order valence-electron chi connectivity index (χ0n) is 16.2. The Morgan fingerprint density at radius 3 is 2.48 bits per heavy atom. The first-order chi connectivity index (χ1) is 13.1. The van der Waals surface area contributed by atoms with Gasteiger partial charge < -0.3 is 14.8 Å². The lowest BCUT2D eigenvalue weighted by atomic mass is 9.86. The van der Waals surface area contributed by atoms with E-state index in [-0.39, 0.29) is 12.2 Å². The van der Waals surface area contributed by atoms with Gasteiger partial charge in [0.05, 0.1) is 6.21 Å². The molecule has 1 aromatic rings. The maximum atomic E-state index is 11.7. The van der Waals surface area contributed by atoms with Gasteiger partial charge in [-0.1, -0.05) is 67.7 Å². The Balaban J connectivity index is 0.00000176. The Bertz CT molecular complexity index is 664. The number of aliphatic carboxylic acids is 1. The van der Waals surface area contributed by atoms with E-state index in [1.165, 1.54) is 25.8 Å². The molecule has 1 saturated carbocycles. The summed E-state index contributed by atoms with van der Waals surface area (Å²) in [6.45, 7) is 4.00. The summed E-state index contributed by atoms with van der Waals surface area (Å²) >= 11 is 0. The van der Waals surface area contributed by atoms with Crippen LogP contribution in [0.15, 0.2) is 34.6 Å². The van der Waals surface area contributed by atoms with Crippen LogP contribution < -0.4 is 0 Å². The molecule has 0 aromatic heterocycles. The number of ketones is 1. The third-order valence-electron chi connectivity index (χ3n) is 4.16. The zero-order chi connectivity index (χ0) is 20.1. The van der Waals surface area contributed by atoms with Crippen molar-refractivity contribution in [1.82, 2.24) is 0 Å². The van der Waals surface area contributed by atoms with Crippen molar-refractivity contribution < 1.29 is 24.4 Å². The van der Waals surface area contributed by atoms with E-state index in [4.69, 9.17) is 14.8 Å². The molecule has 2 rings (SSSR count). The average molecular weight is 376 g/mol. The molecule has 0 aliphatic heterocycles. The number of oxime groups is 2. The Morgan fingerprint density at radius 2 is 1.85 bits per heavy atom. The summed E-state index contributed by atoms with van der Waals surface area (Å²) in [6, 6.07) is 6.41. The highest BCUT2D eigenvalue weighted by Crippen LogP contribution is 2.24. The number of nitrogens with zero attached hydrogens (tertiary/aromatic N) is 2. The van der Waals surface area contributed by atoms with E-state index in [1.807, 2.05) is 13.8 Å². The molecule has 1 fully saturated rings. The number of benzene rings is 1. The lowest BCUT2D eigenvalue weighted by Gasteiger charge is -2.20. The van der Waals surface area contributed by atoms with Crippen LogP contribution in [0, 0.1) is 5.92 Å². The summed E-state index contributed by atoms with van der Waals surface area (Å²) in [5.41, 5.74) is 1.30. The minimum atomic E-state index is -1.50. The van der Waals surface area contributed by atoms with E-state index in [0.717, 1.165) is 31.4 Å². The van der Waals surface area contributed by atoms with Gasteiger partial charge in [-0.25, -0.2) is 4.79 Å². The molecule has 1 N–H and O–H groups in total. The van der Waals surface area contributed by atoms with Crippen molar-refractivity contribution in [3.8, 4) is 0 Å². The maximum Gasteiger partial charge on any atom is 0.377 e. The topological polar surface area (TPSA) is 97.6 Å². The fraction of sp³-hybridized carbons (Fsp3) is 0.500. The van der Waals surface area contributed by atoms with E-state index in [9.17, 15) is 9.59 Å². The van der Waals surface area contributed by atoms with Gasteiger partial charge in [0.15, 0.2) is 0 Å². The maximum absolute atomic E-state index is 11.7. The van der Waals surface area contributed by atoms with Crippen molar-refractivity contribution in [2.45, 2.75) is 52.6 Å². The summed E-state index contributed by atoms with van der Waals surface area (Å²) in [7, 11) is 1.49. The van der Waals surface area contributed by atoms with Crippen LogP contribution in [0.3, 0.4) is 0 Å². The number of hydrogen-bond donors (Lipinski definition) is 1. The second-order valence-electron chi connectivity index (χ2n) is 5.83. The number of carboxylic acids is 1. The van der Waals surface area contributed by atoms with Crippen molar-refractivity contribution >= 4 is 23.7 Å². The van der Waals surface area contributed by atoms with E-state index in [1.54, 1.807) is 18.2 Å². The SMILES string of the molecule is CC.CO/N=C(\C=NOCc1ccccc1C(=O)C(=O)O)C1CCCCC1. The number of carbonyl (C=O) groups is 2. The number of carboxylic acid groups (broad SMARTS) is 1. The van der Waals surface area contributed by atoms with Crippen molar-refractivity contribution in [2.75, 3.05) is 7.11 Å². The van der Waals surface area contributed by atoms with Gasteiger partial charge >= 0.3 is 5.97 Å². The van der Waals surface area contributed by atoms with Crippen LogP contribution in [0.4, 0.5) is 0 Å². The molecule has 7 nitrogen and oxygen atoms in total. The number of carbonyl (C=O) groups excluding carboxylic acids is 1. The molecule has 0 radical (unpaired) electrons. The van der Waals surface area contributed by atoms with Crippen molar-refractivity contribution in [3.05, 3.63) is 35.4 Å². The van der Waals surface area contributed by atoms with Gasteiger partial charge in [-0.3, -0.25) is 4.79 Å². The lowest BCUT2D eigenvalue weighted by Crippen LogP contribution is -2.19. The molecule has 27 heavy (non-hydrogen) atoms. The van der Waals surface area contributed by atoms with Gasteiger partial charge in [-0.05, 0) is 12.8 Å². The standard InChI is InChI=1S/C18H22N2O5.C2H6/c1-24-20-16(13-7-3-2-4-8-13)11-19-25-12-14-9-5-6-10-15(14)17(21)18(22)23;1-2/h5-6,9-11,13H,2-4,7-8,12H2,1H3,(H,22,23);1-2H3/b19-11?,20-16+;. The van der Waals surface area contributed by atoms with Crippen molar-refractivity contribution in [1.29, 1.82) is 0 Å². The molecule has 0 heterocycles. The predicted molar refractivity (Wildman–Crippen MR) is 104 cm³/mol. The fourth-order valence-electron chi connectivity index (χ4n) is 2.89. The van der Waals surface area contributed by atoms with Gasteiger partial charge in [0, 0.05) is 17.0 Å². The largest absolute Gasteiger partial charge is 0.475 e. The smallest absolute Gasteiger partial charge is 0.377 e. The molecule has 7 heteroatoms. The molecule has 0 unspecified atom stereocenters. The van der Waals surface area contributed by atoms with Gasteiger partial charge in [-0.2, -0.15) is 0 Å². The molecule has 1 aliphatic carbocycles. The molecule has 1 aromatic carbocycles. The summed E-state index contributed by atoms with van der Waals surface area (Å²) in [6.07, 6.45) is 7.17. The average Bonchev–Trinajstić information content (AvgIpc) is 2.72. The number of hydrogen-bond acceptors (Lipinski definition) is 6. The van der Waals surface area contributed by atoms with Crippen molar-refractivity contribution in [2.24, 2.45) is 16.2 Å². The van der Waals surface area contributed by atoms with Crippen LogP contribution >= 0.6 is 0 Å². The predicted octanol–water partition coefficient (Wildman–Crippen LogP) is 4.07. The zero-order valence-corrected chi connectivity index (χ0v) is 16.2. The summed E-state index contributed by atoms with van der Waals surface area (Å²) in [4.78, 5) is 32.7. The molecule has 0 atom stereocenters. The summed E-state index contributed by atoms with van der Waals surface area (Å²) in [5, 5.41) is 16.8. The molecule has 148 valence electrons. The van der Waals surface area contributed by atoms with E-state index >= 15 is 0 Å². The Labute approximate surface area is 160 Å². The van der Waals surface area contributed by atoms with Crippen LogP contribution in [-0.4, -0.2) is 35.9 Å². The first kappa shape index (κ1) is 22.3. The van der Waals surface area contributed by atoms with Gasteiger partial charge in [0.2, 0.25) is 0 Å². The third-order valence-corrected chi connectivity index (χ3v) is 4.16. The van der Waals surface area contributed by atoms with E-state index < -0.39 is 11.8 Å². The van der Waals surface area contributed by atoms with Gasteiger partial charge in [0.1, 0.15) is 19.4 Å². The van der Waals surface area contributed by atoms with Crippen LogP contribution in [0.25, 0.3) is 0 Å². The molecule has 0 bridgehead atoms. The minimum Gasteiger partial charge on any atom is -0.475 e. The first-order valence-corrected chi connectivity index (χ1v) is 9.25. The molecule has 1 aliphatic rings. The van der Waals surface area contributed by atoms with Gasteiger partial charge in [0.25, 0.3) is 5.78 Å². The normalized spacial score (nSPS) is 15.0. The second-order valence-corrected chi connectivity index (χ2v) is 5.83. The van der Waals surface area contributed by atoms with Crippen LogP contribution in [-0.2, 0) is 21.1 Å². The Hall–Kier alpha value is -2.70. The van der Waals surface area contributed by atoms with Crippen molar-refractivity contribution in [3.63, 3.8) is 0 Å². The lowest BCUT2D eigenvalue weighted by molar-refractivity contribution is -0.131. The molecule has 0 spiro atoms. The Kier molecular flexibility index (Phi) is 10.4. The summed E-state index contributed by atoms with van der Waals surface area (Å²) in [5.74, 6) is -2.16. The first-order valence-electron chi connectivity index (χ1n) is 9.25. The van der Waals surface area contributed by atoms with E-state index in [2.05, 4.69) is 10.3 Å². The van der Waals surface area contributed by atoms with Gasteiger partial charge in [-0.15, -0.1) is 0 Å². The number of rotatable bonds is 8. The molecular weight excluding hydrogens is 348 g/mol. The monoisotopic (exact) mass is 376 g/mol. The summed E-state index contributed by atoms with van der Waals surface area (Å²) < 4.78 is 0. The van der Waals surface area contributed by atoms with Crippen LogP contribution in [0.1, 0.15) is 61.9 Å². The third kappa shape index (κ3) is 7.21. The Morgan fingerprint density at radius 1 is 1.19 bits per heavy atom. The minimum absolute atomic E-state index is 0.00335. The molecule has 0 amide bonds. The van der Waals surface area contributed by atoms with E-state index in [0.29, 0.717) is 11.5 Å². The molecular formula is C20H28N2O5. The highest BCUT2D eigenvalue weighted by molar-refractivity contribution is 6.40. The van der Waals surface area contributed by atoms with Crippen LogP contribution in [0.5, 0.6) is 0 Å². The fourth-order valence-corrected chi connectivity index (χ4v) is 2.89. The highest BCUT2D eigenvalue weighted by atomic mass is 16.6. The van der Waals surface area contributed by atoms with Crippen LogP contribution in [0.2, 0.25) is 0 Å². The quantitative estimate of drug-likeness (QED) is 0.319. The highest BCUT2D eigenvalue weighted by Gasteiger charge is 2.20. The number of Topliss-reactive ketones (excluding diaryl/α,β-unsaturated/α-hetero) is 1. The second kappa shape index (κ2) is 12.6. The molecule has 0 saturated heterocycles.